The third-order valence-electron chi connectivity index (χ3n) is 3.03. The number of aromatic hydroxyl groups is 1. The number of anilines is 1. The fourth-order valence-electron chi connectivity index (χ4n) is 1.90. The number of ether oxygens (including phenoxy) is 1. The Labute approximate surface area is 140 Å². The molecule has 0 aliphatic rings. The van der Waals surface area contributed by atoms with Crippen LogP contribution < -0.4 is 5.32 Å². The van der Waals surface area contributed by atoms with Gasteiger partial charge in [0.25, 0.3) is 11.7 Å². The molecule has 5 nitrogen and oxygen atoms in total. The first-order valence-corrected chi connectivity index (χ1v) is 7.57. The number of thioether (sulfide) groups is 1. The number of hydrogen-bond donors (Lipinski definition) is 2. The Bertz CT molecular complexity index is 750. The zero-order valence-corrected chi connectivity index (χ0v) is 13.3. The van der Waals surface area contributed by atoms with E-state index in [4.69, 9.17) is 0 Å². The second-order valence-corrected chi connectivity index (χ2v) is 5.61. The van der Waals surface area contributed by atoms with E-state index in [2.05, 4.69) is 10.1 Å². The number of hydrogen-bond acceptors (Lipinski definition) is 5. The van der Waals surface area contributed by atoms with Gasteiger partial charge in [0.1, 0.15) is 5.56 Å². The lowest BCUT2D eigenvalue weighted by molar-refractivity contribution is 0.0597. The monoisotopic (exact) mass is 353 g/mol. The Morgan fingerprint density at radius 3 is 2.42 bits per heavy atom. The number of benzene rings is 2. The summed E-state index contributed by atoms with van der Waals surface area (Å²) >= 11 is 0.377. The standard InChI is InChI=1S/C16H13F2NO4S/c1-23-15(22)11-3-2-4-12(13(11)20)19-14(21)9-5-7-10(8-6-9)24-16(17)18/h2-8,16,20H,1H3,(H,19,21). The van der Waals surface area contributed by atoms with Crippen LogP contribution in [0.25, 0.3) is 0 Å². The van der Waals surface area contributed by atoms with E-state index in [1.165, 1.54) is 49.6 Å². The van der Waals surface area contributed by atoms with Crippen LogP contribution in [0.2, 0.25) is 0 Å². The number of phenols is 1. The summed E-state index contributed by atoms with van der Waals surface area (Å²) in [5.41, 5.74) is 0.171. The van der Waals surface area contributed by atoms with Crippen LogP contribution in [0.3, 0.4) is 0 Å². The molecule has 0 bridgehead atoms. The lowest BCUT2D eigenvalue weighted by Crippen LogP contribution is -2.13. The first kappa shape index (κ1) is 17.7. The van der Waals surface area contributed by atoms with Crippen LogP contribution in [0, 0.1) is 0 Å². The number of alkyl halides is 2. The van der Waals surface area contributed by atoms with E-state index >= 15 is 0 Å². The van der Waals surface area contributed by atoms with Gasteiger partial charge in [0, 0.05) is 10.5 Å². The predicted octanol–water partition coefficient (Wildman–Crippen LogP) is 3.75. The number of rotatable bonds is 5. The van der Waals surface area contributed by atoms with Crippen molar-refractivity contribution >= 4 is 29.3 Å². The zero-order chi connectivity index (χ0) is 17.7. The number of nitrogens with one attached hydrogen (secondary N) is 1. The first-order valence-electron chi connectivity index (χ1n) is 6.69. The molecule has 2 N–H and O–H groups in total. The van der Waals surface area contributed by atoms with Crippen molar-refractivity contribution in [3.63, 3.8) is 0 Å². The van der Waals surface area contributed by atoms with Crippen molar-refractivity contribution in [3.05, 3.63) is 53.6 Å². The highest BCUT2D eigenvalue weighted by Gasteiger charge is 2.16. The van der Waals surface area contributed by atoms with E-state index in [0.29, 0.717) is 16.7 Å². The average Bonchev–Trinajstić information content (AvgIpc) is 2.56. The third kappa shape index (κ3) is 4.23. The SMILES string of the molecule is COC(=O)c1cccc(NC(=O)c2ccc(SC(F)F)cc2)c1O. The van der Waals surface area contributed by atoms with Crippen LogP contribution in [0.15, 0.2) is 47.4 Å². The Kier molecular flexibility index (Phi) is 5.75. The average molecular weight is 353 g/mol. The minimum atomic E-state index is -2.54. The molecule has 0 unspecified atom stereocenters. The highest BCUT2D eigenvalue weighted by Crippen LogP contribution is 2.29. The quantitative estimate of drug-likeness (QED) is 0.486. The molecular formula is C16H13F2NO4S. The molecule has 0 aliphatic carbocycles. The summed E-state index contributed by atoms with van der Waals surface area (Å²) < 4.78 is 29.1. The summed E-state index contributed by atoms with van der Waals surface area (Å²) in [7, 11) is 1.17. The summed E-state index contributed by atoms with van der Waals surface area (Å²) in [6, 6.07) is 9.83. The maximum atomic E-state index is 12.3. The molecule has 0 aliphatic heterocycles. The van der Waals surface area contributed by atoms with E-state index in [0.717, 1.165) is 0 Å². The fourth-order valence-corrected chi connectivity index (χ4v) is 2.40. The molecule has 0 saturated carbocycles. The van der Waals surface area contributed by atoms with E-state index in [9.17, 15) is 23.5 Å². The lowest BCUT2D eigenvalue weighted by Gasteiger charge is -2.10. The Hall–Kier alpha value is -2.61. The number of methoxy groups -OCH3 is 1. The summed E-state index contributed by atoms with van der Waals surface area (Å²) in [6.45, 7) is 0. The van der Waals surface area contributed by atoms with Crippen LogP contribution in [-0.2, 0) is 4.74 Å². The minimum Gasteiger partial charge on any atom is -0.505 e. The maximum absolute atomic E-state index is 12.3. The number of halogens is 2. The van der Waals surface area contributed by atoms with E-state index in [-0.39, 0.29) is 16.8 Å². The van der Waals surface area contributed by atoms with Crippen molar-refractivity contribution in [2.45, 2.75) is 10.7 Å². The molecule has 0 spiro atoms. The highest BCUT2D eigenvalue weighted by atomic mass is 32.2. The van der Waals surface area contributed by atoms with Crippen molar-refractivity contribution in [2.75, 3.05) is 12.4 Å². The molecule has 0 aromatic heterocycles. The van der Waals surface area contributed by atoms with Crippen LogP contribution in [0.1, 0.15) is 20.7 Å². The molecule has 1 amide bonds. The van der Waals surface area contributed by atoms with Crippen molar-refractivity contribution in [1.29, 1.82) is 0 Å². The van der Waals surface area contributed by atoms with Gasteiger partial charge in [-0.2, -0.15) is 8.78 Å². The second kappa shape index (κ2) is 7.78. The van der Waals surface area contributed by atoms with Gasteiger partial charge in [-0.15, -0.1) is 0 Å². The topological polar surface area (TPSA) is 75.6 Å². The molecule has 0 atom stereocenters. The number of carbonyl (C=O) groups excluding carboxylic acids is 2. The molecule has 2 rings (SSSR count). The Morgan fingerprint density at radius 2 is 1.83 bits per heavy atom. The van der Waals surface area contributed by atoms with Crippen molar-refractivity contribution < 1.29 is 28.2 Å². The van der Waals surface area contributed by atoms with Gasteiger partial charge in [0.2, 0.25) is 0 Å². The maximum Gasteiger partial charge on any atom is 0.341 e. The Balaban J connectivity index is 2.16. The largest absolute Gasteiger partial charge is 0.505 e. The summed E-state index contributed by atoms with van der Waals surface area (Å²) in [5.74, 6) is -4.25. The minimum absolute atomic E-state index is 0.0360. The van der Waals surface area contributed by atoms with Gasteiger partial charge < -0.3 is 15.2 Å². The molecule has 2 aromatic carbocycles. The first-order chi connectivity index (χ1) is 11.4. The molecule has 126 valence electrons. The molecule has 2 aromatic rings. The molecule has 8 heteroatoms. The molecule has 0 fully saturated rings. The molecule has 0 saturated heterocycles. The van der Waals surface area contributed by atoms with Gasteiger partial charge in [-0.1, -0.05) is 17.8 Å². The van der Waals surface area contributed by atoms with Crippen molar-refractivity contribution in [1.82, 2.24) is 0 Å². The summed E-state index contributed by atoms with van der Waals surface area (Å²) in [6.07, 6.45) is 0. The lowest BCUT2D eigenvalue weighted by atomic mass is 10.1. The van der Waals surface area contributed by atoms with Crippen LogP contribution in [-0.4, -0.2) is 29.9 Å². The van der Waals surface area contributed by atoms with Crippen LogP contribution in [0.5, 0.6) is 5.75 Å². The van der Waals surface area contributed by atoms with E-state index < -0.39 is 23.4 Å². The van der Waals surface area contributed by atoms with Gasteiger partial charge in [-0.05, 0) is 36.4 Å². The molecule has 0 radical (unpaired) electrons. The molecule has 24 heavy (non-hydrogen) atoms. The number of carbonyl (C=O) groups is 2. The smallest absolute Gasteiger partial charge is 0.341 e. The summed E-state index contributed by atoms with van der Waals surface area (Å²) in [4.78, 5) is 24.0. The second-order valence-electron chi connectivity index (χ2n) is 4.55. The van der Waals surface area contributed by atoms with Crippen molar-refractivity contribution in [3.8, 4) is 5.75 Å². The van der Waals surface area contributed by atoms with E-state index in [1.54, 1.807) is 0 Å². The number of amides is 1. The highest BCUT2D eigenvalue weighted by molar-refractivity contribution is 7.99. The van der Waals surface area contributed by atoms with Gasteiger partial charge in [-0.3, -0.25) is 4.79 Å². The fraction of sp³-hybridized carbons (Fsp3) is 0.125. The van der Waals surface area contributed by atoms with Crippen molar-refractivity contribution in [2.24, 2.45) is 0 Å². The normalized spacial score (nSPS) is 10.5. The Morgan fingerprint density at radius 1 is 1.17 bits per heavy atom. The van der Waals surface area contributed by atoms with Gasteiger partial charge in [0.15, 0.2) is 5.75 Å². The number of para-hydroxylation sites is 1. The number of phenolic OH excluding ortho intramolecular Hbond substituents is 1. The van der Waals surface area contributed by atoms with Crippen LogP contribution >= 0.6 is 11.8 Å². The number of esters is 1. The molecular weight excluding hydrogens is 340 g/mol. The predicted molar refractivity (Wildman–Crippen MR) is 85.7 cm³/mol. The van der Waals surface area contributed by atoms with Gasteiger partial charge >= 0.3 is 5.97 Å². The van der Waals surface area contributed by atoms with E-state index in [1.807, 2.05) is 0 Å². The molecule has 0 heterocycles. The van der Waals surface area contributed by atoms with Gasteiger partial charge in [0.05, 0.1) is 12.8 Å². The summed E-state index contributed by atoms with van der Waals surface area (Å²) in [5, 5.41) is 12.5. The van der Waals surface area contributed by atoms with Gasteiger partial charge in [-0.25, -0.2) is 4.79 Å². The van der Waals surface area contributed by atoms with Crippen LogP contribution in [0.4, 0.5) is 14.5 Å². The third-order valence-corrected chi connectivity index (χ3v) is 3.75. The zero-order valence-electron chi connectivity index (χ0n) is 12.5.